The first-order valence-corrected chi connectivity index (χ1v) is 0. The Hall–Kier alpha value is 4.51. The van der Waals surface area contributed by atoms with E-state index in [4.69, 9.17) is 0 Å². The molecule has 0 heterocycles. The third-order valence-corrected chi connectivity index (χ3v) is 0. The van der Waals surface area contributed by atoms with E-state index in [9.17, 15) is 0 Å². The van der Waals surface area contributed by atoms with Crippen molar-refractivity contribution in [3.63, 3.8) is 0 Å². The number of rotatable bonds is 0. The molecule has 0 aliphatic heterocycles. The van der Waals surface area contributed by atoms with Gasteiger partial charge in [-0.25, -0.2) is 0 Å². The van der Waals surface area contributed by atoms with Crippen molar-refractivity contribution in [2.75, 3.05) is 0 Å². The fraction of sp³-hybridized carbons (Fsp3) is 0. The summed E-state index contributed by atoms with van der Waals surface area (Å²) in [7, 11) is 0. The van der Waals surface area contributed by atoms with Crippen LogP contribution in [0.3, 0.4) is 0 Å². The molecule has 0 aliphatic carbocycles. The molecule has 5 heteroatoms. The molecule has 0 bridgehead atoms. The normalized spacial score (nSPS) is 0. The van der Waals surface area contributed by atoms with E-state index in [1.807, 2.05) is 0 Å². The van der Waals surface area contributed by atoms with Gasteiger partial charge in [0.2, 0.25) is 0 Å². The van der Waals surface area contributed by atoms with Crippen LogP contribution in [0.4, 0.5) is 0 Å². The van der Waals surface area contributed by atoms with E-state index in [0.717, 1.165) is 0 Å². The number of hydrogen-bond acceptors (Lipinski definition) is 0. The van der Waals surface area contributed by atoms with Crippen LogP contribution in [0.2, 0.25) is 0 Å². The molecule has 0 fully saturated rings. The third kappa shape index (κ3) is 17.7. The minimum Gasteiger partial charge on any atom is 0 e. The van der Waals surface area contributed by atoms with Gasteiger partial charge in [0.05, 0.1) is 0 Å². The molecule has 0 rings (SSSR count). The summed E-state index contributed by atoms with van der Waals surface area (Å²) in [6, 6.07) is 0. The fourth-order valence-corrected chi connectivity index (χ4v) is 0. The summed E-state index contributed by atoms with van der Waals surface area (Å²) < 4.78 is 0. The van der Waals surface area contributed by atoms with Crippen molar-refractivity contribution in [3.05, 3.63) is 0 Å². The van der Waals surface area contributed by atoms with Crippen molar-refractivity contribution >= 4 is 86.6 Å². The number of hydrogen-bond donors (Lipinski definition) is 0. The molecule has 0 saturated heterocycles. The van der Waals surface area contributed by atoms with E-state index < -0.39 is 0 Å². The van der Waals surface area contributed by atoms with Crippen LogP contribution in [0.1, 0.15) is 0 Å². The molecule has 0 atom stereocenters. The summed E-state index contributed by atoms with van der Waals surface area (Å²) >= 11 is 0. The van der Waals surface area contributed by atoms with Crippen LogP contribution in [-0.2, 0) is 17.1 Å². The van der Waals surface area contributed by atoms with Crippen molar-refractivity contribution in [1.29, 1.82) is 0 Å². The Balaban J connectivity index is 0. The van der Waals surface area contributed by atoms with Gasteiger partial charge in [-0.2, -0.15) is 0 Å². The molecule has 0 unspecified atom stereocenters. The molecular weight excluding hydrogens is 387 g/mol. The van der Waals surface area contributed by atoms with Crippen molar-refractivity contribution in [2.24, 2.45) is 0 Å². The minimum absolute atomic E-state index is 0. The summed E-state index contributed by atoms with van der Waals surface area (Å²) in [4.78, 5) is 0. The molecule has 0 amide bonds. The zero-order valence-electron chi connectivity index (χ0n) is 1.46. The summed E-state index contributed by atoms with van der Waals surface area (Å²) in [5.41, 5.74) is 0. The smallest absolute Gasteiger partial charge is 0 e. The van der Waals surface area contributed by atoms with Gasteiger partial charge in [-0.3, -0.25) is 0 Å². The van der Waals surface area contributed by atoms with Gasteiger partial charge in [0.1, 0.15) is 0 Å². The topological polar surface area (TPSA) is 31.5 Å². The molecule has 0 aromatic heterocycles. The minimum atomic E-state index is 0. The monoisotopic (exact) mass is 394 g/mol. The molecule has 26 valence electrons. The van der Waals surface area contributed by atoms with Crippen LogP contribution in [0, 0.1) is 35.6 Å². The molecule has 0 aromatic rings. The van der Waals surface area contributed by atoms with E-state index in [2.05, 4.69) is 0 Å². The molecule has 1 nitrogen and oxygen atoms in total. The Morgan fingerprint density at radius 3 is 1.00 bits per heavy atom. The van der Waals surface area contributed by atoms with Gasteiger partial charge in [-0.1, -0.05) is 0 Å². The Bertz CT molecular complexity index is 11.6. The van der Waals surface area contributed by atoms with Gasteiger partial charge in [0.25, 0.3) is 0 Å². The van der Waals surface area contributed by atoms with Gasteiger partial charge < -0.3 is 5.48 Å². The Morgan fingerprint density at radius 1 is 1.00 bits per heavy atom. The molecular formula is H6BaCaLaMnO. The standard InChI is InChI=1S/Ba.Ca.La.Mn.H2O.4H/h;;;;1H2;;;;. The summed E-state index contributed by atoms with van der Waals surface area (Å²) in [5, 5.41) is 0. The molecule has 0 aromatic carbocycles. The maximum absolute atomic E-state index is 0. The van der Waals surface area contributed by atoms with Gasteiger partial charge in [-0.15, -0.1) is 0 Å². The van der Waals surface area contributed by atoms with E-state index >= 15 is 0 Å². The van der Waals surface area contributed by atoms with Crippen LogP contribution in [0.15, 0.2) is 0 Å². The molecule has 2 N–H and O–H groups in total. The first-order chi connectivity index (χ1) is 0. The predicted molar refractivity (Wildman–Crippen MR) is 20.7 cm³/mol. The maximum atomic E-state index is 0. The molecule has 0 spiro atoms. The summed E-state index contributed by atoms with van der Waals surface area (Å²) in [6.07, 6.45) is 0. The van der Waals surface area contributed by atoms with E-state index in [1.54, 1.807) is 0 Å². The van der Waals surface area contributed by atoms with Crippen molar-refractivity contribution in [2.45, 2.75) is 0 Å². The maximum Gasteiger partial charge on any atom is 0 e. The van der Waals surface area contributed by atoms with Gasteiger partial charge in [0.15, 0.2) is 0 Å². The SMILES string of the molecule is O.[BaH2].[CaH2].[La].[Mn]. The molecule has 2 radical (unpaired) electrons. The fourth-order valence-electron chi connectivity index (χ4n) is 0. The van der Waals surface area contributed by atoms with Gasteiger partial charge in [0, 0.05) is 52.7 Å². The van der Waals surface area contributed by atoms with Gasteiger partial charge in [-0.05, 0) is 0 Å². The van der Waals surface area contributed by atoms with Crippen molar-refractivity contribution in [3.8, 4) is 0 Å². The zero-order valence-corrected chi connectivity index (χ0v) is 6.26. The second kappa shape index (κ2) is 23.6. The van der Waals surface area contributed by atoms with E-state index in [1.165, 1.54) is 0 Å². The Morgan fingerprint density at radius 2 is 1.00 bits per heavy atom. The van der Waals surface area contributed by atoms with E-state index in [-0.39, 0.29) is 145 Å². The van der Waals surface area contributed by atoms with E-state index in [0.29, 0.717) is 0 Å². The quantitative estimate of drug-likeness (QED) is 0.403. The second-order valence-corrected chi connectivity index (χ2v) is 0. The van der Waals surface area contributed by atoms with Crippen LogP contribution >= 0.6 is 0 Å². The Labute approximate surface area is 140 Å². The molecule has 0 saturated carbocycles. The second-order valence-electron chi connectivity index (χ2n) is 0. The van der Waals surface area contributed by atoms with Crippen LogP contribution in [0.25, 0.3) is 0 Å². The molecule has 5 heavy (non-hydrogen) atoms. The van der Waals surface area contributed by atoms with Crippen molar-refractivity contribution in [1.82, 2.24) is 0 Å². The average molecular weight is 393 g/mol. The predicted octanol–water partition coefficient (Wildman–Crippen LogP) is -2.66. The first kappa shape index (κ1) is 33.9. The Kier molecular flexibility index (Phi) is 160. The summed E-state index contributed by atoms with van der Waals surface area (Å²) in [5.74, 6) is 0. The van der Waals surface area contributed by atoms with Crippen molar-refractivity contribution < 1.29 is 58.1 Å². The largest absolute Gasteiger partial charge is 0 e. The van der Waals surface area contributed by atoms with Crippen LogP contribution in [-0.4, -0.2) is 92.1 Å². The zero-order chi connectivity index (χ0) is 0. The molecule has 0 aliphatic rings. The third-order valence-electron chi connectivity index (χ3n) is 0. The average Bonchev–Trinajstić information content (AvgIpc) is 0. The van der Waals surface area contributed by atoms with Gasteiger partial charge >= 0.3 is 86.6 Å². The van der Waals surface area contributed by atoms with Crippen LogP contribution < -0.4 is 0 Å². The van der Waals surface area contributed by atoms with Crippen LogP contribution in [0.5, 0.6) is 0 Å². The summed E-state index contributed by atoms with van der Waals surface area (Å²) in [6.45, 7) is 0. The first-order valence-electron chi connectivity index (χ1n) is 0.